The molecule has 150 valence electrons. The number of anilines is 1. The van der Waals surface area contributed by atoms with Gasteiger partial charge in [-0.2, -0.15) is 0 Å². The highest BCUT2D eigenvalue weighted by Crippen LogP contribution is 2.29. The molecule has 1 unspecified atom stereocenters. The van der Waals surface area contributed by atoms with E-state index >= 15 is 0 Å². The third-order valence-electron chi connectivity index (χ3n) is 4.22. The van der Waals surface area contributed by atoms with E-state index < -0.39 is 10.8 Å². The minimum atomic E-state index is -0.940. The highest BCUT2D eigenvalue weighted by molar-refractivity contribution is 7.83. The van der Waals surface area contributed by atoms with Crippen molar-refractivity contribution >= 4 is 22.4 Å². The molecule has 0 aliphatic rings. The molecule has 29 heavy (non-hydrogen) atoms. The molecule has 0 saturated heterocycles. The van der Waals surface area contributed by atoms with Gasteiger partial charge in [0, 0.05) is 34.1 Å². The minimum Gasteiger partial charge on any atom is -0.493 e. The summed E-state index contributed by atoms with van der Waals surface area (Å²) in [6, 6.07) is 22.3. The number of amides is 1. The fourth-order valence-electron chi connectivity index (χ4n) is 2.84. The Kier molecular flexibility index (Phi) is 7.03. The molecular formula is C23H23NO4S. The molecule has 3 aromatic rings. The lowest BCUT2D eigenvalue weighted by Crippen LogP contribution is -2.12. The molecule has 0 radical (unpaired) electrons. The van der Waals surface area contributed by atoms with Gasteiger partial charge in [-0.3, -0.25) is 9.00 Å². The van der Waals surface area contributed by atoms with Gasteiger partial charge in [0.2, 0.25) is 0 Å². The van der Waals surface area contributed by atoms with Crippen molar-refractivity contribution in [3.05, 3.63) is 89.5 Å². The van der Waals surface area contributed by atoms with Crippen LogP contribution in [0.4, 0.5) is 5.69 Å². The number of carbonyl (C=O) groups is 1. The molecule has 0 saturated carbocycles. The first-order chi connectivity index (χ1) is 14.0. The zero-order valence-corrected chi connectivity index (χ0v) is 17.2. The molecule has 0 aromatic heterocycles. The third kappa shape index (κ3) is 5.93. The van der Waals surface area contributed by atoms with Crippen LogP contribution in [0, 0.1) is 0 Å². The van der Waals surface area contributed by atoms with E-state index in [1.54, 1.807) is 37.6 Å². The summed E-state index contributed by atoms with van der Waals surface area (Å²) in [7, 11) is 0.603. The molecule has 0 spiro atoms. The molecule has 1 atom stereocenters. The summed E-state index contributed by atoms with van der Waals surface area (Å²) in [6.07, 6.45) is 1.65. The van der Waals surface area contributed by atoms with Crippen molar-refractivity contribution in [3.63, 3.8) is 0 Å². The van der Waals surface area contributed by atoms with Crippen molar-refractivity contribution in [1.82, 2.24) is 0 Å². The Morgan fingerprint density at radius 2 is 1.69 bits per heavy atom. The van der Waals surface area contributed by atoms with Crippen LogP contribution < -0.4 is 14.8 Å². The number of benzene rings is 3. The molecule has 3 aromatic carbocycles. The Morgan fingerprint density at radius 3 is 2.41 bits per heavy atom. The van der Waals surface area contributed by atoms with Crippen LogP contribution in [0.3, 0.4) is 0 Å². The van der Waals surface area contributed by atoms with Gasteiger partial charge in [-0.25, -0.2) is 0 Å². The second-order valence-corrected chi connectivity index (χ2v) is 7.95. The van der Waals surface area contributed by atoms with E-state index in [1.807, 2.05) is 48.5 Å². The van der Waals surface area contributed by atoms with Crippen LogP contribution in [-0.4, -0.2) is 23.5 Å². The smallest absolute Gasteiger partial charge is 0.255 e. The maximum absolute atomic E-state index is 12.6. The van der Waals surface area contributed by atoms with E-state index in [2.05, 4.69) is 5.32 Å². The molecule has 0 fully saturated rings. The van der Waals surface area contributed by atoms with Crippen LogP contribution >= 0.6 is 0 Å². The molecule has 0 aliphatic carbocycles. The zero-order chi connectivity index (χ0) is 20.6. The fraction of sp³-hybridized carbons (Fsp3) is 0.174. The monoisotopic (exact) mass is 409 g/mol. The fourth-order valence-corrected chi connectivity index (χ4v) is 3.49. The number of methoxy groups -OCH3 is 1. The van der Waals surface area contributed by atoms with Gasteiger partial charge in [0.1, 0.15) is 6.61 Å². The topological polar surface area (TPSA) is 64.6 Å². The van der Waals surface area contributed by atoms with Crippen molar-refractivity contribution in [3.8, 4) is 11.5 Å². The molecule has 1 N–H and O–H groups in total. The van der Waals surface area contributed by atoms with Crippen molar-refractivity contribution < 1.29 is 18.5 Å². The normalized spacial score (nSPS) is 11.5. The highest BCUT2D eigenvalue weighted by atomic mass is 32.2. The van der Waals surface area contributed by atoms with Gasteiger partial charge in [-0.15, -0.1) is 0 Å². The number of rotatable bonds is 8. The van der Waals surface area contributed by atoms with Crippen LogP contribution in [0.15, 0.2) is 72.8 Å². The molecular weight excluding hydrogens is 386 g/mol. The van der Waals surface area contributed by atoms with Gasteiger partial charge in [0.05, 0.1) is 7.11 Å². The van der Waals surface area contributed by atoms with E-state index in [1.165, 1.54) is 0 Å². The van der Waals surface area contributed by atoms with Crippen LogP contribution in [0.1, 0.15) is 21.5 Å². The Hall–Kier alpha value is -3.12. The van der Waals surface area contributed by atoms with E-state index in [0.29, 0.717) is 35.1 Å². The first-order valence-corrected chi connectivity index (χ1v) is 10.8. The van der Waals surface area contributed by atoms with Gasteiger partial charge in [-0.05, 0) is 41.5 Å². The number of ether oxygens (including phenoxy) is 2. The summed E-state index contributed by atoms with van der Waals surface area (Å²) in [5.74, 6) is 1.25. The van der Waals surface area contributed by atoms with E-state index in [0.717, 1.165) is 11.1 Å². The van der Waals surface area contributed by atoms with Gasteiger partial charge in [0.25, 0.3) is 5.91 Å². The predicted molar refractivity (Wildman–Crippen MR) is 116 cm³/mol. The van der Waals surface area contributed by atoms with Crippen molar-refractivity contribution in [2.75, 3.05) is 18.7 Å². The second-order valence-electron chi connectivity index (χ2n) is 6.51. The molecule has 5 nitrogen and oxygen atoms in total. The van der Waals surface area contributed by atoms with Crippen molar-refractivity contribution in [2.24, 2.45) is 0 Å². The van der Waals surface area contributed by atoms with Gasteiger partial charge >= 0.3 is 0 Å². The molecule has 1 amide bonds. The average Bonchev–Trinajstić information content (AvgIpc) is 2.72. The lowest BCUT2D eigenvalue weighted by molar-refractivity contribution is 0.102. The lowest BCUT2D eigenvalue weighted by Gasteiger charge is -2.13. The Morgan fingerprint density at radius 1 is 0.931 bits per heavy atom. The van der Waals surface area contributed by atoms with Gasteiger partial charge in [0.15, 0.2) is 11.5 Å². The van der Waals surface area contributed by atoms with E-state index in [-0.39, 0.29) is 5.91 Å². The largest absolute Gasteiger partial charge is 0.493 e. The second kappa shape index (κ2) is 9.89. The van der Waals surface area contributed by atoms with E-state index in [9.17, 15) is 9.00 Å². The maximum Gasteiger partial charge on any atom is 0.255 e. The summed E-state index contributed by atoms with van der Waals surface area (Å²) in [4.78, 5) is 12.6. The molecule has 3 rings (SSSR count). The van der Waals surface area contributed by atoms with Gasteiger partial charge < -0.3 is 14.8 Å². The number of hydrogen-bond donors (Lipinski definition) is 1. The molecule has 0 bridgehead atoms. The minimum absolute atomic E-state index is 0.257. The zero-order valence-electron chi connectivity index (χ0n) is 16.4. The van der Waals surface area contributed by atoms with Crippen LogP contribution in [0.25, 0.3) is 0 Å². The quantitative estimate of drug-likeness (QED) is 0.599. The molecule has 0 heterocycles. The number of nitrogens with one attached hydrogen (secondary N) is 1. The lowest BCUT2D eigenvalue weighted by atomic mass is 10.1. The number of hydrogen-bond acceptors (Lipinski definition) is 4. The highest BCUT2D eigenvalue weighted by Gasteiger charge is 2.12. The standard InChI is InChI=1S/C23H23NO4S/c1-27-22-14-19(11-12-21(22)28-15-17-7-4-3-5-8-17)23(25)24-20-10-6-9-18(13-20)16-29(2)26/h3-14H,15-16H2,1-2H3,(H,24,25). The maximum atomic E-state index is 12.6. The van der Waals surface area contributed by atoms with Crippen LogP contribution in [0.5, 0.6) is 11.5 Å². The summed E-state index contributed by atoms with van der Waals surface area (Å²) >= 11 is 0. The molecule has 6 heteroatoms. The molecule has 0 aliphatic heterocycles. The van der Waals surface area contributed by atoms with E-state index in [4.69, 9.17) is 9.47 Å². The van der Waals surface area contributed by atoms with Crippen LogP contribution in [-0.2, 0) is 23.2 Å². The summed E-state index contributed by atoms with van der Waals surface area (Å²) in [6.45, 7) is 0.411. The Bertz CT molecular complexity index is 1000. The van der Waals surface area contributed by atoms with Gasteiger partial charge in [-0.1, -0.05) is 42.5 Å². The van der Waals surface area contributed by atoms with Crippen LogP contribution in [0.2, 0.25) is 0 Å². The van der Waals surface area contributed by atoms with Crippen molar-refractivity contribution in [2.45, 2.75) is 12.4 Å². The third-order valence-corrected chi connectivity index (χ3v) is 4.96. The summed E-state index contributed by atoms with van der Waals surface area (Å²) < 4.78 is 22.6. The predicted octanol–water partition coefficient (Wildman–Crippen LogP) is 4.41. The Labute approximate surface area is 173 Å². The summed E-state index contributed by atoms with van der Waals surface area (Å²) in [5.41, 5.74) is 3.06. The summed E-state index contributed by atoms with van der Waals surface area (Å²) in [5, 5.41) is 2.87. The first kappa shape index (κ1) is 20.6. The Balaban J connectivity index is 1.70. The van der Waals surface area contributed by atoms with Crippen molar-refractivity contribution in [1.29, 1.82) is 0 Å². The first-order valence-electron chi connectivity index (χ1n) is 9.10. The average molecular weight is 410 g/mol. The number of carbonyl (C=O) groups excluding carboxylic acids is 1. The SMILES string of the molecule is COc1cc(C(=O)Nc2cccc(CS(C)=O)c2)ccc1OCc1ccccc1.